The Kier molecular flexibility index (Phi) is 6.28. The molecule has 1 amide bonds. The predicted octanol–water partition coefficient (Wildman–Crippen LogP) is 1.70. The van der Waals surface area contributed by atoms with Gasteiger partial charge in [-0.25, -0.2) is 9.07 Å². The van der Waals surface area contributed by atoms with Gasteiger partial charge in [0, 0.05) is 13.1 Å². The van der Waals surface area contributed by atoms with Crippen LogP contribution in [0.4, 0.5) is 4.39 Å². The Hall–Kier alpha value is -1.99. The van der Waals surface area contributed by atoms with Crippen molar-refractivity contribution in [2.45, 2.75) is 19.4 Å². The standard InChI is InChI=1S/C16H20FN5O.ClH/c17-14-3-1-2-13(8-14)10-22-11-15(19-20-22)16(23)21-6-4-12(9-18)5-7-21;/h1-3,8,11-12H,4-7,9-10,18H2;1H. The van der Waals surface area contributed by atoms with Gasteiger partial charge in [-0.1, -0.05) is 17.3 Å². The van der Waals surface area contributed by atoms with Crippen LogP contribution in [-0.2, 0) is 6.54 Å². The van der Waals surface area contributed by atoms with Crippen LogP contribution < -0.4 is 5.73 Å². The number of likely N-dealkylation sites (tertiary alicyclic amines) is 1. The third kappa shape index (κ3) is 4.30. The molecule has 8 heteroatoms. The van der Waals surface area contributed by atoms with Crippen molar-refractivity contribution < 1.29 is 9.18 Å². The smallest absolute Gasteiger partial charge is 0.276 e. The fraction of sp³-hybridized carbons (Fsp3) is 0.438. The molecule has 1 aromatic heterocycles. The lowest BCUT2D eigenvalue weighted by Crippen LogP contribution is -2.40. The third-order valence-electron chi connectivity index (χ3n) is 4.23. The van der Waals surface area contributed by atoms with Gasteiger partial charge in [0.15, 0.2) is 5.69 Å². The maximum atomic E-state index is 13.2. The Morgan fingerprint density at radius 2 is 2.08 bits per heavy atom. The molecular formula is C16H21ClFN5O. The fourth-order valence-corrected chi connectivity index (χ4v) is 2.83. The highest BCUT2D eigenvalue weighted by molar-refractivity contribution is 5.92. The molecule has 1 fully saturated rings. The number of carbonyl (C=O) groups excluding carboxylic acids is 1. The first-order valence-corrected chi connectivity index (χ1v) is 7.79. The summed E-state index contributed by atoms with van der Waals surface area (Å²) in [5.41, 5.74) is 6.77. The average molecular weight is 354 g/mol. The van der Waals surface area contributed by atoms with E-state index < -0.39 is 0 Å². The molecule has 1 aliphatic rings. The van der Waals surface area contributed by atoms with Crippen LogP contribution >= 0.6 is 12.4 Å². The van der Waals surface area contributed by atoms with E-state index in [1.165, 1.54) is 12.1 Å². The Labute approximate surface area is 146 Å². The lowest BCUT2D eigenvalue weighted by Gasteiger charge is -2.30. The molecule has 2 aromatic rings. The van der Waals surface area contributed by atoms with Gasteiger partial charge < -0.3 is 10.6 Å². The number of aromatic nitrogens is 3. The van der Waals surface area contributed by atoms with Crippen LogP contribution in [0.2, 0.25) is 0 Å². The van der Waals surface area contributed by atoms with Crippen molar-refractivity contribution in [2.24, 2.45) is 11.7 Å². The Balaban J connectivity index is 0.00000208. The summed E-state index contributed by atoms with van der Waals surface area (Å²) >= 11 is 0. The van der Waals surface area contributed by atoms with E-state index in [9.17, 15) is 9.18 Å². The van der Waals surface area contributed by atoms with Gasteiger partial charge in [-0.05, 0) is 43.0 Å². The minimum atomic E-state index is -0.290. The molecule has 3 rings (SSSR count). The van der Waals surface area contributed by atoms with Gasteiger partial charge in [-0.2, -0.15) is 0 Å². The van der Waals surface area contributed by atoms with Crippen LogP contribution in [0.1, 0.15) is 28.9 Å². The molecule has 130 valence electrons. The first-order valence-electron chi connectivity index (χ1n) is 7.79. The Morgan fingerprint density at radius 3 is 2.75 bits per heavy atom. The second-order valence-electron chi connectivity index (χ2n) is 5.90. The topological polar surface area (TPSA) is 77.0 Å². The average Bonchev–Trinajstić information content (AvgIpc) is 3.03. The SMILES string of the molecule is Cl.NCC1CCN(C(=O)c2cn(Cc3cccc(F)c3)nn2)CC1. The van der Waals surface area contributed by atoms with Gasteiger partial charge in [-0.3, -0.25) is 4.79 Å². The summed E-state index contributed by atoms with van der Waals surface area (Å²) in [7, 11) is 0. The summed E-state index contributed by atoms with van der Waals surface area (Å²) in [4.78, 5) is 14.2. The summed E-state index contributed by atoms with van der Waals surface area (Å²) in [5, 5.41) is 7.92. The van der Waals surface area contributed by atoms with E-state index in [1.54, 1.807) is 21.8 Å². The normalized spacial score (nSPS) is 15.2. The van der Waals surface area contributed by atoms with Gasteiger partial charge in [0.25, 0.3) is 5.91 Å². The molecule has 0 saturated carbocycles. The summed E-state index contributed by atoms with van der Waals surface area (Å²) in [6.45, 7) is 2.47. The first kappa shape index (κ1) is 18.4. The number of benzene rings is 1. The lowest BCUT2D eigenvalue weighted by atomic mass is 9.97. The minimum absolute atomic E-state index is 0. The quantitative estimate of drug-likeness (QED) is 0.907. The molecule has 0 atom stereocenters. The highest BCUT2D eigenvalue weighted by Gasteiger charge is 2.24. The van der Waals surface area contributed by atoms with E-state index in [4.69, 9.17) is 5.73 Å². The number of carbonyl (C=O) groups is 1. The summed E-state index contributed by atoms with van der Waals surface area (Å²) < 4.78 is 14.7. The number of nitrogens with two attached hydrogens (primary N) is 1. The molecule has 6 nitrogen and oxygen atoms in total. The number of halogens is 2. The highest BCUT2D eigenvalue weighted by atomic mass is 35.5. The monoisotopic (exact) mass is 353 g/mol. The van der Waals surface area contributed by atoms with E-state index in [-0.39, 0.29) is 24.1 Å². The molecule has 2 heterocycles. The van der Waals surface area contributed by atoms with Crippen LogP contribution in [0.25, 0.3) is 0 Å². The van der Waals surface area contributed by atoms with Gasteiger partial charge in [0.2, 0.25) is 0 Å². The van der Waals surface area contributed by atoms with Crippen molar-refractivity contribution in [2.75, 3.05) is 19.6 Å². The number of piperidine rings is 1. The van der Waals surface area contributed by atoms with E-state index >= 15 is 0 Å². The van der Waals surface area contributed by atoms with Crippen LogP contribution in [-0.4, -0.2) is 45.4 Å². The molecule has 0 radical (unpaired) electrons. The third-order valence-corrected chi connectivity index (χ3v) is 4.23. The second kappa shape index (κ2) is 8.21. The predicted molar refractivity (Wildman–Crippen MR) is 90.5 cm³/mol. The van der Waals surface area contributed by atoms with Crippen molar-refractivity contribution in [1.82, 2.24) is 19.9 Å². The number of amides is 1. The van der Waals surface area contributed by atoms with Crippen LogP contribution in [0, 0.1) is 11.7 Å². The maximum Gasteiger partial charge on any atom is 0.276 e. The molecule has 1 aliphatic heterocycles. The van der Waals surface area contributed by atoms with Crippen molar-refractivity contribution in [3.63, 3.8) is 0 Å². The van der Waals surface area contributed by atoms with E-state index in [0.29, 0.717) is 37.8 Å². The van der Waals surface area contributed by atoms with Crippen LogP contribution in [0.15, 0.2) is 30.5 Å². The van der Waals surface area contributed by atoms with Gasteiger partial charge >= 0.3 is 0 Å². The van der Waals surface area contributed by atoms with E-state index in [1.807, 2.05) is 6.07 Å². The highest BCUT2D eigenvalue weighted by Crippen LogP contribution is 2.17. The number of rotatable bonds is 4. The molecule has 0 bridgehead atoms. The maximum absolute atomic E-state index is 13.2. The van der Waals surface area contributed by atoms with E-state index in [0.717, 1.165) is 18.4 Å². The lowest BCUT2D eigenvalue weighted by molar-refractivity contribution is 0.0687. The van der Waals surface area contributed by atoms with Crippen molar-refractivity contribution in [3.05, 3.63) is 47.5 Å². The van der Waals surface area contributed by atoms with Crippen molar-refractivity contribution in [3.8, 4) is 0 Å². The first-order chi connectivity index (χ1) is 11.2. The van der Waals surface area contributed by atoms with Gasteiger partial charge in [0.05, 0.1) is 12.7 Å². The molecule has 24 heavy (non-hydrogen) atoms. The Morgan fingerprint density at radius 1 is 1.33 bits per heavy atom. The van der Waals surface area contributed by atoms with Gasteiger partial charge in [-0.15, -0.1) is 17.5 Å². The minimum Gasteiger partial charge on any atom is -0.337 e. The van der Waals surface area contributed by atoms with E-state index in [2.05, 4.69) is 10.3 Å². The second-order valence-corrected chi connectivity index (χ2v) is 5.90. The number of hydrogen-bond donors (Lipinski definition) is 1. The van der Waals surface area contributed by atoms with Crippen molar-refractivity contribution >= 4 is 18.3 Å². The largest absolute Gasteiger partial charge is 0.337 e. The zero-order valence-corrected chi connectivity index (χ0v) is 14.1. The van der Waals surface area contributed by atoms with Gasteiger partial charge in [0.1, 0.15) is 5.82 Å². The van der Waals surface area contributed by atoms with Crippen LogP contribution in [0.3, 0.4) is 0 Å². The molecule has 1 saturated heterocycles. The molecule has 1 aromatic carbocycles. The Bertz CT molecular complexity index is 685. The summed E-state index contributed by atoms with van der Waals surface area (Å²) in [6.07, 6.45) is 3.47. The van der Waals surface area contributed by atoms with Crippen LogP contribution in [0.5, 0.6) is 0 Å². The number of hydrogen-bond acceptors (Lipinski definition) is 4. The zero-order valence-electron chi connectivity index (χ0n) is 13.3. The molecule has 2 N–H and O–H groups in total. The zero-order chi connectivity index (χ0) is 16.2. The molecule has 0 unspecified atom stereocenters. The van der Waals surface area contributed by atoms with Crippen molar-refractivity contribution in [1.29, 1.82) is 0 Å². The number of nitrogens with zero attached hydrogens (tertiary/aromatic N) is 4. The summed E-state index contributed by atoms with van der Waals surface area (Å²) in [6, 6.07) is 6.30. The molecular weight excluding hydrogens is 333 g/mol. The summed E-state index contributed by atoms with van der Waals surface area (Å²) in [5.74, 6) is 0.107. The molecule has 0 aliphatic carbocycles. The fourth-order valence-electron chi connectivity index (χ4n) is 2.83. The molecule has 0 spiro atoms.